The first-order chi connectivity index (χ1) is 16.7. The largest absolute Gasteiger partial charge is 0.465 e. The van der Waals surface area contributed by atoms with Crippen molar-refractivity contribution < 1.29 is 22.7 Å². The lowest BCUT2D eigenvalue weighted by Gasteiger charge is -2.26. The number of hydrogen-bond acceptors (Lipinski definition) is 5. The zero-order valence-electron chi connectivity index (χ0n) is 19.0. The number of nitrogens with one attached hydrogen (secondary N) is 1. The lowest BCUT2D eigenvalue weighted by atomic mass is 10.1. The van der Waals surface area contributed by atoms with Crippen LogP contribution in [0.4, 0.5) is 11.4 Å². The number of methoxy groups -OCH3 is 1. The van der Waals surface area contributed by atoms with Crippen LogP contribution < -0.4 is 9.62 Å². The van der Waals surface area contributed by atoms with Gasteiger partial charge >= 0.3 is 5.97 Å². The van der Waals surface area contributed by atoms with Gasteiger partial charge in [-0.05, 0) is 42.3 Å². The lowest BCUT2D eigenvalue weighted by Crippen LogP contribution is -2.41. The van der Waals surface area contributed by atoms with Crippen LogP contribution in [0.5, 0.6) is 0 Å². The smallest absolute Gasteiger partial charge is 0.337 e. The molecule has 0 heterocycles. The molecule has 8 nitrogen and oxygen atoms in total. The molecule has 3 aromatic carbocycles. The van der Waals surface area contributed by atoms with E-state index in [9.17, 15) is 18.0 Å². The molecule has 180 valence electrons. The molecule has 0 aliphatic rings. The van der Waals surface area contributed by atoms with Crippen molar-refractivity contribution in [1.82, 2.24) is 5.32 Å². The third kappa shape index (κ3) is 5.98. The van der Waals surface area contributed by atoms with Crippen LogP contribution >= 0.6 is 11.6 Å². The standard InChI is InChI=1S/C25H22ClN3O5S/c1-17-22(26)8-5-9-23(17)29(35(32,33)21-12-10-20(27-2)11-13-21)16-24(30)28-15-18-6-4-7-19(14-18)25(31)34-3/h4-14H,15-16H2,1,3H3,(H,28,30). The number of sulfonamides is 1. The summed E-state index contributed by atoms with van der Waals surface area (Å²) in [6, 6.07) is 16.8. The number of carbonyl (C=O) groups excluding carboxylic acids is 2. The number of carbonyl (C=O) groups is 2. The van der Waals surface area contributed by atoms with Crippen molar-refractivity contribution >= 4 is 44.9 Å². The fourth-order valence-corrected chi connectivity index (χ4v) is 4.95. The van der Waals surface area contributed by atoms with Crippen molar-refractivity contribution in [2.45, 2.75) is 18.4 Å². The zero-order chi connectivity index (χ0) is 25.6. The number of hydrogen-bond donors (Lipinski definition) is 1. The summed E-state index contributed by atoms with van der Waals surface area (Å²) in [6.45, 7) is 8.30. The molecule has 3 aromatic rings. The van der Waals surface area contributed by atoms with Gasteiger partial charge in [0.2, 0.25) is 5.91 Å². The van der Waals surface area contributed by atoms with Gasteiger partial charge in [0.05, 0.1) is 29.8 Å². The number of halogens is 1. The van der Waals surface area contributed by atoms with E-state index in [1.165, 1.54) is 31.4 Å². The van der Waals surface area contributed by atoms with Gasteiger partial charge in [0, 0.05) is 11.6 Å². The number of amides is 1. The quantitative estimate of drug-likeness (QED) is 0.355. The van der Waals surface area contributed by atoms with E-state index in [1.54, 1.807) is 49.4 Å². The Morgan fingerprint density at radius 2 is 1.77 bits per heavy atom. The molecule has 0 spiro atoms. The molecule has 1 N–H and O–H groups in total. The van der Waals surface area contributed by atoms with Crippen molar-refractivity contribution in [3.63, 3.8) is 0 Å². The average Bonchev–Trinajstić information content (AvgIpc) is 2.87. The van der Waals surface area contributed by atoms with Crippen LogP contribution in [0.25, 0.3) is 4.85 Å². The number of esters is 1. The number of ether oxygens (including phenoxy) is 1. The van der Waals surface area contributed by atoms with Crippen LogP contribution in [0.15, 0.2) is 71.6 Å². The second-order valence-corrected chi connectivity index (χ2v) is 9.74. The van der Waals surface area contributed by atoms with Crippen LogP contribution in [0.3, 0.4) is 0 Å². The van der Waals surface area contributed by atoms with Gasteiger partial charge in [0.25, 0.3) is 10.0 Å². The number of benzene rings is 3. The topological polar surface area (TPSA) is 97.1 Å². The van der Waals surface area contributed by atoms with Crippen LogP contribution in [0.2, 0.25) is 5.02 Å². The van der Waals surface area contributed by atoms with Crippen molar-refractivity contribution in [3.8, 4) is 0 Å². The number of nitrogens with zero attached hydrogens (tertiary/aromatic N) is 2. The predicted molar refractivity (Wildman–Crippen MR) is 133 cm³/mol. The molecule has 0 aliphatic heterocycles. The van der Waals surface area contributed by atoms with Gasteiger partial charge in [-0.3, -0.25) is 9.10 Å². The minimum Gasteiger partial charge on any atom is -0.465 e. The highest BCUT2D eigenvalue weighted by molar-refractivity contribution is 7.92. The van der Waals surface area contributed by atoms with Gasteiger partial charge in [-0.15, -0.1) is 0 Å². The summed E-state index contributed by atoms with van der Waals surface area (Å²) in [6.07, 6.45) is 0. The molecule has 0 aromatic heterocycles. The van der Waals surface area contributed by atoms with Crippen LogP contribution in [0.1, 0.15) is 21.5 Å². The minimum atomic E-state index is -4.17. The van der Waals surface area contributed by atoms with E-state index < -0.39 is 28.4 Å². The molecule has 0 radical (unpaired) electrons. The summed E-state index contributed by atoms with van der Waals surface area (Å²) >= 11 is 6.23. The van der Waals surface area contributed by atoms with Crippen LogP contribution in [0, 0.1) is 13.5 Å². The molecule has 0 saturated heterocycles. The van der Waals surface area contributed by atoms with E-state index in [1.807, 2.05) is 0 Å². The molecule has 0 fully saturated rings. The molecular formula is C25H22ClN3O5S. The zero-order valence-corrected chi connectivity index (χ0v) is 20.6. The number of anilines is 1. The fourth-order valence-electron chi connectivity index (χ4n) is 3.30. The summed E-state index contributed by atoms with van der Waals surface area (Å²) < 4.78 is 32.8. The van der Waals surface area contributed by atoms with Gasteiger partial charge in [-0.2, -0.15) is 0 Å². The SMILES string of the molecule is [C-]#[N+]c1ccc(S(=O)(=O)N(CC(=O)NCc2cccc(C(=O)OC)c2)c2cccc(Cl)c2C)cc1. The Morgan fingerprint density at radius 1 is 1.09 bits per heavy atom. The van der Waals surface area contributed by atoms with E-state index in [0.717, 1.165) is 4.31 Å². The first kappa shape index (κ1) is 25.7. The molecule has 0 atom stereocenters. The van der Waals surface area contributed by atoms with Crippen LogP contribution in [-0.4, -0.2) is 33.9 Å². The molecule has 0 unspecified atom stereocenters. The third-order valence-electron chi connectivity index (χ3n) is 5.19. The minimum absolute atomic E-state index is 0.0668. The number of rotatable bonds is 8. The van der Waals surface area contributed by atoms with Gasteiger partial charge < -0.3 is 10.1 Å². The van der Waals surface area contributed by atoms with Gasteiger partial charge in [0.1, 0.15) is 6.54 Å². The molecular weight excluding hydrogens is 490 g/mol. The maximum atomic E-state index is 13.5. The second-order valence-electron chi connectivity index (χ2n) is 7.47. The fraction of sp³-hybridized carbons (Fsp3) is 0.160. The maximum absolute atomic E-state index is 13.5. The molecule has 0 bridgehead atoms. The molecule has 1 amide bonds. The van der Waals surface area contributed by atoms with Gasteiger partial charge in [-0.1, -0.05) is 54.1 Å². The van der Waals surface area contributed by atoms with E-state index in [2.05, 4.69) is 10.2 Å². The average molecular weight is 512 g/mol. The van der Waals surface area contributed by atoms with Crippen molar-refractivity contribution in [2.24, 2.45) is 0 Å². The lowest BCUT2D eigenvalue weighted by molar-refractivity contribution is -0.119. The van der Waals surface area contributed by atoms with Gasteiger partial charge in [0.15, 0.2) is 5.69 Å². The Balaban J connectivity index is 1.89. The summed E-state index contributed by atoms with van der Waals surface area (Å²) in [5, 5.41) is 3.04. The molecule has 0 saturated carbocycles. The van der Waals surface area contributed by atoms with E-state index in [4.69, 9.17) is 22.9 Å². The third-order valence-corrected chi connectivity index (χ3v) is 7.37. The van der Waals surface area contributed by atoms with Crippen molar-refractivity contribution in [3.05, 3.63) is 99.9 Å². The highest BCUT2D eigenvalue weighted by Gasteiger charge is 2.28. The second kappa shape index (κ2) is 11.0. The Bertz CT molecular complexity index is 1400. The van der Waals surface area contributed by atoms with E-state index in [-0.39, 0.29) is 17.1 Å². The normalized spacial score (nSPS) is 10.8. The Kier molecular flexibility index (Phi) is 8.12. The molecule has 3 rings (SSSR count). The molecule has 10 heteroatoms. The Morgan fingerprint density at radius 3 is 2.43 bits per heavy atom. The first-order valence-corrected chi connectivity index (χ1v) is 12.2. The highest BCUT2D eigenvalue weighted by atomic mass is 35.5. The molecule has 35 heavy (non-hydrogen) atoms. The predicted octanol–water partition coefficient (Wildman–Crippen LogP) is 4.50. The first-order valence-electron chi connectivity index (χ1n) is 10.4. The van der Waals surface area contributed by atoms with E-state index in [0.29, 0.717) is 27.4 Å². The summed E-state index contributed by atoms with van der Waals surface area (Å²) in [5.41, 5.74) is 2.02. The Hall–Kier alpha value is -3.87. The van der Waals surface area contributed by atoms with E-state index >= 15 is 0 Å². The Labute approximate surface area is 209 Å². The summed E-state index contributed by atoms with van der Waals surface area (Å²) in [7, 11) is -2.89. The van der Waals surface area contributed by atoms with Crippen molar-refractivity contribution in [1.29, 1.82) is 0 Å². The van der Waals surface area contributed by atoms with Crippen molar-refractivity contribution in [2.75, 3.05) is 18.0 Å². The van der Waals surface area contributed by atoms with Crippen LogP contribution in [-0.2, 0) is 26.1 Å². The molecule has 0 aliphatic carbocycles. The highest BCUT2D eigenvalue weighted by Crippen LogP contribution is 2.31. The monoisotopic (exact) mass is 511 g/mol. The maximum Gasteiger partial charge on any atom is 0.337 e. The summed E-state index contributed by atoms with van der Waals surface area (Å²) in [5.74, 6) is -1.06. The van der Waals surface area contributed by atoms with Gasteiger partial charge in [-0.25, -0.2) is 18.1 Å². The summed E-state index contributed by atoms with van der Waals surface area (Å²) in [4.78, 5) is 27.8.